The van der Waals surface area contributed by atoms with Crippen molar-refractivity contribution in [1.29, 1.82) is 0 Å². The lowest BCUT2D eigenvalue weighted by Gasteiger charge is -2.03. The topological polar surface area (TPSA) is 63.6 Å². The van der Waals surface area contributed by atoms with Gasteiger partial charge in [0.15, 0.2) is 0 Å². The second-order valence-electron chi connectivity index (χ2n) is 5.85. The number of rotatable bonds is 16. The van der Waals surface area contributed by atoms with Gasteiger partial charge in [0.05, 0.1) is 6.61 Å². The van der Waals surface area contributed by atoms with Crippen molar-refractivity contribution in [3.63, 3.8) is 0 Å². The summed E-state index contributed by atoms with van der Waals surface area (Å²) in [6, 6.07) is 0. The van der Waals surface area contributed by atoms with E-state index in [0.717, 1.165) is 12.8 Å². The first-order chi connectivity index (χ1) is 10.1. The van der Waals surface area contributed by atoms with Gasteiger partial charge < -0.3 is 0 Å². The van der Waals surface area contributed by atoms with Crippen LogP contribution in [0.3, 0.4) is 0 Å². The van der Waals surface area contributed by atoms with E-state index in [2.05, 4.69) is 11.1 Å². The van der Waals surface area contributed by atoms with E-state index in [0.29, 0.717) is 6.42 Å². The van der Waals surface area contributed by atoms with Gasteiger partial charge in [0.1, 0.15) is 0 Å². The van der Waals surface area contributed by atoms with Gasteiger partial charge in [-0.2, -0.15) is 8.42 Å². The monoisotopic (exact) mass is 348 g/mol. The maximum atomic E-state index is 10.3. The smallest absolute Gasteiger partial charge is 0.264 e. The van der Waals surface area contributed by atoms with Crippen molar-refractivity contribution >= 4 is 33.5 Å². The highest BCUT2D eigenvalue weighted by Gasteiger charge is 2.02. The molecule has 6 heteroatoms. The van der Waals surface area contributed by atoms with Gasteiger partial charge in [-0.05, 0) is 6.42 Å². The van der Waals surface area contributed by atoms with Crippen LogP contribution >= 0.6 is 0 Å². The second-order valence-corrected chi connectivity index (χ2v) is 6.94. The summed E-state index contributed by atoms with van der Waals surface area (Å²) in [5.41, 5.74) is 0. The van der Waals surface area contributed by atoms with Crippen LogP contribution in [0.1, 0.15) is 96.8 Å². The molecule has 0 unspecified atom stereocenters. The summed E-state index contributed by atoms with van der Waals surface area (Å²) < 4.78 is 33.2. The minimum atomic E-state index is -4.24. The molecule has 0 aromatic carbocycles. The van der Waals surface area contributed by atoms with E-state index in [4.69, 9.17) is 4.55 Å². The summed E-state index contributed by atoms with van der Waals surface area (Å²) >= 11 is 0. The van der Waals surface area contributed by atoms with Crippen molar-refractivity contribution in [3.05, 3.63) is 0 Å². The Morgan fingerprint density at radius 2 is 1.00 bits per heavy atom. The highest BCUT2D eigenvalue weighted by atomic mass is 32.3. The van der Waals surface area contributed by atoms with Gasteiger partial charge in [0.25, 0.3) is 0 Å². The maximum absolute atomic E-state index is 10.3. The summed E-state index contributed by atoms with van der Waals surface area (Å²) in [6.45, 7) is 2.35. The fourth-order valence-electron chi connectivity index (χ4n) is 2.46. The molecule has 0 aliphatic carbocycles. The van der Waals surface area contributed by atoms with Gasteiger partial charge in [0.2, 0.25) is 0 Å². The molecule has 0 amide bonds. The van der Waals surface area contributed by atoms with E-state index in [1.807, 2.05) is 0 Å². The Kier molecular flexibility index (Phi) is 20.3. The molecule has 0 saturated carbocycles. The Labute approximate surface area is 153 Å². The molecule has 0 atom stereocenters. The molecule has 0 aliphatic rings. The molecule has 0 rings (SSSR count). The Hall–Kier alpha value is 0.636. The van der Waals surface area contributed by atoms with Gasteiger partial charge in [-0.25, -0.2) is 4.18 Å². The second kappa shape index (κ2) is 18.0. The quantitative estimate of drug-likeness (QED) is 0.255. The molecule has 0 radical (unpaired) electrons. The van der Waals surface area contributed by atoms with Crippen LogP contribution in [0.2, 0.25) is 0 Å². The molecule has 0 aromatic heterocycles. The van der Waals surface area contributed by atoms with Gasteiger partial charge in [-0.1, -0.05) is 90.4 Å². The van der Waals surface area contributed by atoms with Gasteiger partial charge in [-0.15, -0.1) is 0 Å². The minimum Gasteiger partial charge on any atom is -0.264 e. The molecule has 0 fully saturated rings. The van der Waals surface area contributed by atoms with Gasteiger partial charge >= 0.3 is 33.5 Å². The molecule has 132 valence electrons. The Balaban J connectivity index is 0. The standard InChI is InChI=1S/C16H34O4S.Mg.2H/c1-2-3-4-5-6-7-8-9-10-11-12-13-14-15-16-20-21(17,18)19;;;/h2-16H2,1H3,(H,17,18,19);;;. The van der Waals surface area contributed by atoms with Crippen molar-refractivity contribution in [2.24, 2.45) is 0 Å². The van der Waals surface area contributed by atoms with Crippen LogP contribution in [0.4, 0.5) is 0 Å². The highest BCUT2D eigenvalue weighted by molar-refractivity contribution is 7.80. The third-order valence-electron chi connectivity index (χ3n) is 3.73. The van der Waals surface area contributed by atoms with E-state index in [1.54, 1.807) is 0 Å². The third-order valence-corrected chi connectivity index (χ3v) is 4.19. The normalized spacial score (nSPS) is 11.4. The molecular weight excluding hydrogens is 313 g/mol. The average Bonchev–Trinajstić information content (AvgIpc) is 2.42. The predicted octanol–water partition coefficient (Wildman–Crippen LogP) is 4.37. The van der Waals surface area contributed by atoms with Crippen LogP contribution < -0.4 is 0 Å². The van der Waals surface area contributed by atoms with Crippen LogP contribution in [0, 0.1) is 0 Å². The largest absolute Gasteiger partial charge is 0.397 e. The van der Waals surface area contributed by atoms with Crippen molar-refractivity contribution in [3.8, 4) is 0 Å². The third kappa shape index (κ3) is 22.9. The fraction of sp³-hybridized carbons (Fsp3) is 1.00. The molecule has 1 N–H and O–H groups in total. The minimum absolute atomic E-state index is 0. The summed E-state index contributed by atoms with van der Waals surface area (Å²) in [4.78, 5) is 0. The van der Waals surface area contributed by atoms with E-state index < -0.39 is 10.4 Å². The zero-order valence-electron chi connectivity index (χ0n) is 13.7. The first-order valence-corrected chi connectivity index (χ1v) is 10.0. The molecule has 4 nitrogen and oxygen atoms in total. The molecule has 0 spiro atoms. The highest BCUT2D eigenvalue weighted by Crippen LogP contribution is 2.12. The lowest BCUT2D eigenvalue weighted by Crippen LogP contribution is -2.04. The lowest BCUT2D eigenvalue weighted by atomic mass is 10.0. The lowest BCUT2D eigenvalue weighted by molar-refractivity contribution is 0.261. The summed E-state index contributed by atoms with van der Waals surface area (Å²) in [5.74, 6) is 0. The van der Waals surface area contributed by atoms with Gasteiger partial charge in [-0.3, -0.25) is 4.55 Å². The number of unbranched alkanes of at least 4 members (excludes halogenated alkanes) is 13. The number of hydrogen-bond donors (Lipinski definition) is 1. The van der Waals surface area contributed by atoms with E-state index in [-0.39, 0.29) is 29.7 Å². The van der Waals surface area contributed by atoms with Crippen molar-refractivity contribution in [1.82, 2.24) is 0 Å². The van der Waals surface area contributed by atoms with E-state index >= 15 is 0 Å². The fourth-order valence-corrected chi connectivity index (χ4v) is 2.79. The summed E-state index contributed by atoms with van der Waals surface area (Å²) in [7, 11) is -4.24. The van der Waals surface area contributed by atoms with Crippen molar-refractivity contribution in [2.75, 3.05) is 6.61 Å². The van der Waals surface area contributed by atoms with Gasteiger partial charge in [0, 0.05) is 0 Å². The van der Waals surface area contributed by atoms with E-state index in [9.17, 15) is 8.42 Å². The van der Waals surface area contributed by atoms with Crippen LogP contribution in [-0.2, 0) is 14.6 Å². The first-order valence-electron chi connectivity index (χ1n) is 8.68. The van der Waals surface area contributed by atoms with Crippen LogP contribution in [0.15, 0.2) is 0 Å². The SMILES string of the molecule is CCCCCCCCCCCCCCCCOS(=O)(=O)O.[MgH2]. The number of hydrogen-bond acceptors (Lipinski definition) is 3. The molecule has 0 bridgehead atoms. The maximum Gasteiger partial charge on any atom is 0.397 e. The molecule has 0 aromatic rings. The van der Waals surface area contributed by atoms with Crippen molar-refractivity contribution < 1.29 is 17.2 Å². The molecule has 0 saturated heterocycles. The Morgan fingerprint density at radius 1 is 0.682 bits per heavy atom. The first kappa shape index (κ1) is 24.9. The molecular formula is C16H36MgO4S. The average molecular weight is 349 g/mol. The zero-order chi connectivity index (χ0) is 15.8. The van der Waals surface area contributed by atoms with Crippen molar-refractivity contribution in [2.45, 2.75) is 96.8 Å². The molecule has 22 heavy (non-hydrogen) atoms. The predicted molar refractivity (Wildman–Crippen MR) is 96.4 cm³/mol. The summed E-state index contributed by atoms with van der Waals surface area (Å²) in [6.07, 6.45) is 17.6. The Bertz CT molecular complexity index is 307. The van der Waals surface area contributed by atoms with Crippen LogP contribution in [0.25, 0.3) is 0 Å². The zero-order valence-corrected chi connectivity index (χ0v) is 14.5. The summed E-state index contributed by atoms with van der Waals surface area (Å²) in [5, 5.41) is 0. The van der Waals surface area contributed by atoms with E-state index in [1.165, 1.54) is 70.6 Å². The Morgan fingerprint density at radius 3 is 1.32 bits per heavy atom. The molecule has 0 aliphatic heterocycles. The molecule has 0 heterocycles. The van der Waals surface area contributed by atoms with Crippen LogP contribution in [0.5, 0.6) is 0 Å². The van der Waals surface area contributed by atoms with Crippen LogP contribution in [-0.4, -0.2) is 42.6 Å².